The van der Waals surface area contributed by atoms with Gasteiger partial charge < -0.3 is 19.9 Å². The second kappa shape index (κ2) is 8.48. The second-order valence-corrected chi connectivity index (χ2v) is 7.13. The molecule has 7 heteroatoms. The first-order valence-electron chi connectivity index (χ1n) is 8.95. The molecule has 0 aliphatic carbocycles. The van der Waals surface area contributed by atoms with Crippen LogP contribution in [0.5, 0.6) is 5.75 Å². The van der Waals surface area contributed by atoms with Gasteiger partial charge in [-0.25, -0.2) is 9.18 Å². The number of amides is 2. The number of halogens is 2. The molecule has 5 nitrogen and oxygen atoms in total. The summed E-state index contributed by atoms with van der Waals surface area (Å²) in [6.45, 7) is 6.29. The lowest BCUT2D eigenvalue weighted by atomic mass is 10.2. The van der Waals surface area contributed by atoms with Gasteiger partial charge in [-0.3, -0.25) is 0 Å². The number of benzene rings is 2. The third-order valence-electron chi connectivity index (χ3n) is 4.29. The minimum absolute atomic E-state index is 0.0765. The average molecular weight is 392 g/mol. The molecule has 1 aliphatic heterocycles. The molecule has 0 aromatic heterocycles. The van der Waals surface area contributed by atoms with Crippen LogP contribution in [0.15, 0.2) is 42.5 Å². The van der Waals surface area contributed by atoms with Crippen LogP contribution < -0.4 is 15.0 Å². The number of ether oxygens (including phenoxy) is 1. The molecule has 0 saturated carbocycles. The number of piperazine rings is 1. The fourth-order valence-corrected chi connectivity index (χ4v) is 3.18. The largest absolute Gasteiger partial charge is 0.489 e. The van der Waals surface area contributed by atoms with E-state index in [-0.39, 0.29) is 12.1 Å². The minimum atomic E-state index is -0.424. The van der Waals surface area contributed by atoms with Crippen LogP contribution in [0, 0.1) is 5.82 Å². The van der Waals surface area contributed by atoms with Gasteiger partial charge in [0.2, 0.25) is 0 Å². The number of rotatable bonds is 4. The van der Waals surface area contributed by atoms with Crippen molar-refractivity contribution >= 4 is 29.0 Å². The van der Waals surface area contributed by atoms with Gasteiger partial charge in [-0.2, -0.15) is 0 Å². The smallest absolute Gasteiger partial charge is 0.322 e. The molecule has 0 radical (unpaired) electrons. The Balaban J connectivity index is 1.62. The van der Waals surface area contributed by atoms with E-state index >= 15 is 0 Å². The fraction of sp³-hybridized carbons (Fsp3) is 0.350. The Morgan fingerprint density at radius 1 is 1.15 bits per heavy atom. The van der Waals surface area contributed by atoms with Gasteiger partial charge >= 0.3 is 6.03 Å². The first-order valence-corrected chi connectivity index (χ1v) is 9.33. The lowest BCUT2D eigenvalue weighted by molar-refractivity contribution is 0.207. The molecule has 0 spiro atoms. The van der Waals surface area contributed by atoms with Crippen molar-refractivity contribution in [1.82, 2.24) is 4.90 Å². The highest BCUT2D eigenvalue weighted by molar-refractivity contribution is 6.30. The lowest BCUT2D eigenvalue weighted by Crippen LogP contribution is -2.50. The number of hydrogen-bond donors (Lipinski definition) is 1. The van der Waals surface area contributed by atoms with E-state index in [0.29, 0.717) is 42.6 Å². The van der Waals surface area contributed by atoms with E-state index in [1.54, 1.807) is 4.90 Å². The van der Waals surface area contributed by atoms with Crippen molar-refractivity contribution in [2.45, 2.75) is 20.0 Å². The Morgan fingerprint density at radius 3 is 2.56 bits per heavy atom. The summed E-state index contributed by atoms with van der Waals surface area (Å²) in [6, 6.07) is 11.5. The Labute approximate surface area is 163 Å². The van der Waals surface area contributed by atoms with Gasteiger partial charge in [0, 0.05) is 43.0 Å². The summed E-state index contributed by atoms with van der Waals surface area (Å²) in [5.74, 6) is 0.0319. The van der Waals surface area contributed by atoms with E-state index in [4.69, 9.17) is 16.3 Å². The lowest BCUT2D eigenvalue weighted by Gasteiger charge is -2.36. The van der Waals surface area contributed by atoms with Crippen molar-refractivity contribution in [3.63, 3.8) is 0 Å². The normalized spacial score (nSPS) is 14.4. The Morgan fingerprint density at radius 2 is 1.89 bits per heavy atom. The van der Waals surface area contributed by atoms with E-state index in [1.165, 1.54) is 18.2 Å². The van der Waals surface area contributed by atoms with E-state index in [0.717, 1.165) is 5.69 Å². The summed E-state index contributed by atoms with van der Waals surface area (Å²) in [6.07, 6.45) is -0.0765. The van der Waals surface area contributed by atoms with Gasteiger partial charge in [0.15, 0.2) is 0 Å². The summed E-state index contributed by atoms with van der Waals surface area (Å²) in [5, 5.41) is 3.46. The predicted octanol–water partition coefficient (Wildman–Crippen LogP) is 4.62. The monoisotopic (exact) mass is 391 g/mol. The van der Waals surface area contributed by atoms with Crippen LogP contribution in [-0.4, -0.2) is 43.2 Å². The van der Waals surface area contributed by atoms with E-state index in [9.17, 15) is 9.18 Å². The zero-order valence-electron chi connectivity index (χ0n) is 15.4. The molecule has 1 aliphatic rings. The standard InChI is InChI=1S/C20H23ClFN3O2/c1-14(2)27-19-7-6-16(22)13-18(19)23-20(26)25-10-8-24(9-11-25)17-5-3-4-15(21)12-17/h3-7,12-14H,8-11H2,1-2H3,(H,23,26). The average Bonchev–Trinajstić information content (AvgIpc) is 2.64. The van der Waals surface area contributed by atoms with Crippen LogP contribution in [0.4, 0.5) is 20.6 Å². The molecule has 2 aromatic carbocycles. The third-order valence-corrected chi connectivity index (χ3v) is 4.52. The van der Waals surface area contributed by atoms with Gasteiger partial charge in [0.05, 0.1) is 11.8 Å². The Hall–Kier alpha value is -2.47. The zero-order valence-corrected chi connectivity index (χ0v) is 16.2. The molecule has 0 bridgehead atoms. The number of anilines is 2. The van der Waals surface area contributed by atoms with Gasteiger partial charge in [-0.05, 0) is 44.2 Å². The summed E-state index contributed by atoms with van der Waals surface area (Å²) < 4.78 is 19.3. The zero-order chi connectivity index (χ0) is 19.4. The molecule has 1 heterocycles. The molecule has 1 N–H and O–H groups in total. The van der Waals surface area contributed by atoms with Crippen molar-refractivity contribution in [2.24, 2.45) is 0 Å². The maximum atomic E-state index is 13.6. The van der Waals surface area contributed by atoms with Crippen molar-refractivity contribution < 1.29 is 13.9 Å². The fourth-order valence-electron chi connectivity index (χ4n) is 2.99. The molecule has 0 unspecified atom stereocenters. The van der Waals surface area contributed by atoms with Crippen LogP contribution in [0.3, 0.4) is 0 Å². The highest BCUT2D eigenvalue weighted by Gasteiger charge is 2.22. The third kappa shape index (κ3) is 5.04. The molecule has 3 rings (SSSR count). The van der Waals surface area contributed by atoms with Crippen LogP contribution >= 0.6 is 11.6 Å². The molecule has 1 fully saturated rings. The quantitative estimate of drug-likeness (QED) is 0.827. The van der Waals surface area contributed by atoms with E-state index in [1.807, 2.05) is 38.1 Å². The second-order valence-electron chi connectivity index (χ2n) is 6.69. The number of nitrogens with one attached hydrogen (secondary N) is 1. The minimum Gasteiger partial charge on any atom is -0.489 e. The van der Waals surface area contributed by atoms with Crippen molar-refractivity contribution in [1.29, 1.82) is 0 Å². The summed E-state index contributed by atoms with van der Waals surface area (Å²) in [7, 11) is 0. The van der Waals surface area contributed by atoms with Crippen LogP contribution in [0.1, 0.15) is 13.8 Å². The first kappa shape index (κ1) is 19.3. The summed E-state index contributed by atoms with van der Waals surface area (Å²) >= 11 is 6.05. The molecule has 2 amide bonds. The van der Waals surface area contributed by atoms with Gasteiger partial charge in [-0.15, -0.1) is 0 Å². The van der Waals surface area contributed by atoms with Crippen molar-refractivity contribution in [3.8, 4) is 5.75 Å². The molecular weight excluding hydrogens is 369 g/mol. The molecule has 0 atom stereocenters. The molecule has 144 valence electrons. The van der Waals surface area contributed by atoms with Crippen LogP contribution in [0.25, 0.3) is 0 Å². The SMILES string of the molecule is CC(C)Oc1ccc(F)cc1NC(=O)N1CCN(c2cccc(Cl)c2)CC1. The Kier molecular flexibility index (Phi) is 6.06. The first-order chi connectivity index (χ1) is 12.9. The summed E-state index contributed by atoms with van der Waals surface area (Å²) in [5.41, 5.74) is 1.38. The van der Waals surface area contributed by atoms with Crippen LogP contribution in [-0.2, 0) is 0 Å². The Bertz CT molecular complexity index is 808. The van der Waals surface area contributed by atoms with Crippen molar-refractivity contribution in [2.75, 3.05) is 36.4 Å². The number of nitrogens with zero attached hydrogens (tertiary/aromatic N) is 2. The van der Waals surface area contributed by atoms with Gasteiger partial charge in [-0.1, -0.05) is 17.7 Å². The van der Waals surface area contributed by atoms with Gasteiger partial charge in [0.1, 0.15) is 11.6 Å². The van der Waals surface area contributed by atoms with Crippen molar-refractivity contribution in [3.05, 3.63) is 53.3 Å². The molecule has 1 saturated heterocycles. The molecule has 2 aromatic rings. The molecular formula is C20H23ClFN3O2. The number of carbonyl (C=O) groups excluding carboxylic acids is 1. The molecule has 27 heavy (non-hydrogen) atoms. The van der Waals surface area contributed by atoms with E-state index in [2.05, 4.69) is 10.2 Å². The van der Waals surface area contributed by atoms with Crippen LogP contribution in [0.2, 0.25) is 5.02 Å². The number of hydrogen-bond acceptors (Lipinski definition) is 3. The number of urea groups is 1. The maximum Gasteiger partial charge on any atom is 0.322 e. The van der Waals surface area contributed by atoms with E-state index < -0.39 is 5.82 Å². The maximum absolute atomic E-state index is 13.6. The highest BCUT2D eigenvalue weighted by Crippen LogP contribution is 2.27. The topological polar surface area (TPSA) is 44.8 Å². The predicted molar refractivity (Wildman–Crippen MR) is 106 cm³/mol. The highest BCUT2D eigenvalue weighted by atomic mass is 35.5. The number of carbonyl (C=O) groups is 1. The van der Waals surface area contributed by atoms with Gasteiger partial charge in [0.25, 0.3) is 0 Å². The summed E-state index contributed by atoms with van der Waals surface area (Å²) in [4.78, 5) is 16.5.